The van der Waals surface area contributed by atoms with E-state index >= 15 is 0 Å². The van der Waals surface area contributed by atoms with Crippen LogP contribution in [0.3, 0.4) is 0 Å². The molecule has 5 heteroatoms. The molecule has 1 N–H and O–H groups in total. The molecule has 2 aromatic heterocycles. The molecule has 2 unspecified atom stereocenters. The minimum atomic E-state index is -0.0444. The molecule has 0 aliphatic heterocycles. The summed E-state index contributed by atoms with van der Waals surface area (Å²) >= 11 is 0. The summed E-state index contributed by atoms with van der Waals surface area (Å²) in [4.78, 5) is 16.2. The van der Waals surface area contributed by atoms with Crippen LogP contribution in [0.5, 0.6) is 0 Å². The Kier molecular flexibility index (Phi) is 2.74. The zero-order valence-electron chi connectivity index (χ0n) is 10.3. The fourth-order valence-corrected chi connectivity index (χ4v) is 2.61. The molecule has 94 valence electrons. The minimum Gasteiger partial charge on any atom is -0.349 e. The quantitative estimate of drug-likeness (QED) is 0.873. The van der Waals surface area contributed by atoms with Gasteiger partial charge >= 0.3 is 0 Å². The Morgan fingerprint density at radius 3 is 3.11 bits per heavy atom. The van der Waals surface area contributed by atoms with Crippen molar-refractivity contribution in [2.45, 2.75) is 32.2 Å². The van der Waals surface area contributed by atoms with Crippen LogP contribution >= 0.6 is 0 Å². The lowest BCUT2D eigenvalue weighted by Gasteiger charge is -2.11. The van der Waals surface area contributed by atoms with Gasteiger partial charge in [-0.25, -0.2) is 4.52 Å². The zero-order chi connectivity index (χ0) is 12.5. The molecular weight excluding hydrogens is 228 g/mol. The zero-order valence-corrected chi connectivity index (χ0v) is 10.3. The third-order valence-electron chi connectivity index (χ3n) is 3.60. The van der Waals surface area contributed by atoms with Crippen molar-refractivity contribution in [1.29, 1.82) is 0 Å². The molecule has 18 heavy (non-hydrogen) atoms. The lowest BCUT2D eigenvalue weighted by atomic mass is 10.1. The standard InChI is InChI=1S/C13H16N4O/c1-9-2-3-10(6-9)16-13(18)11-7-15-17-5-4-14-8-12(11)17/h4-5,7-10H,2-3,6H2,1H3,(H,16,18). The first-order chi connectivity index (χ1) is 8.74. The first-order valence-corrected chi connectivity index (χ1v) is 6.32. The summed E-state index contributed by atoms with van der Waals surface area (Å²) in [6.07, 6.45) is 10.0. The van der Waals surface area contributed by atoms with Crippen molar-refractivity contribution in [2.75, 3.05) is 0 Å². The van der Waals surface area contributed by atoms with E-state index in [9.17, 15) is 4.79 Å². The van der Waals surface area contributed by atoms with Gasteiger partial charge in [-0.1, -0.05) is 6.92 Å². The molecule has 1 amide bonds. The highest BCUT2D eigenvalue weighted by atomic mass is 16.1. The molecule has 2 atom stereocenters. The fourth-order valence-electron chi connectivity index (χ4n) is 2.61. The topological polar surface area (TPSA) is 59.3 Å². The molecule has 2 heterocycles. The van der Waals surface area contributed by atoms with E-state index in [0.29, 0.717) is 17.5 Å². The lowest BCUT2D eigenvalue weighted by Crippen LogP contribution is -2.32. The first-order valence-electron chi connectivity index (χ1n) is 6.32. The van der Waals surface area contributed by atoms with Crippen molar-refractivity contribution in [1.82, 2.24) is 19.9 Å². The van der Waals surface area contributed by atoms with Gasteiger partial charge in [-0.3, -0.25) is 9.78 Å². The van der Waals surface area contributed by atoms with Gasteiger partial charge in [0, 0.05) is 18.4 Å². The second-order valence-corrected chi connectivity index (χ2v) is 5.05. The molecule has 1 aliphatic carbocycles. The predicted molar refractivity (Wildman–Crippen MR) is 67.3 cm³/mol. The number of hydrogen-bond acceptors (Lipinski definition) is 3. The third-order valence-corrected chi connectivity index (χ3v) is 3.60. The van der Waals surface area contributed by atoms with Crippen LogP contribution in [-0.4, -0.2) is 26.5 Å². The van der Waals surface area contributed by atoms with Crippen molar-refractivity contribution in [3.8, 4) is 0 Å². The van der Waals surface area contributed by atoms with E-state index in [1.165, 1.54) is 6.42 Å². The molecule has 1 saturated carbocycles. The van der Waals surface area contributed by atoms with Gasteiger partial charge in [-0.15, -0.1) is 0 Å². The Labute approximate surface area is 105 Å². The maximum absolute atomic E-state index is 12.2. The molecule has 0 saturated heterocycles. The number of nitrogens with one attached hydrogen (secondary N) is 1. The smallest absolute Gasteiger partial charge is 0.255 e. The van der Waals surface area contributed by atoms with E-state index in [4.69, 9.17) is 0 Å². The number of fused-ring (bicyclic) bond motifs is 1. The summed E-state index contributed by atoms with van der Waals surface area (Å²) < 4.78 is 1.67. The highest BCUT2D eigenvalue weighted by molar-refractivity contribution is 6.00. The van der Waals surface area contributed by atoms with Crippen LogP contribution in [0.4, 0.5) is 0 Å². The molecule has 5 nitrogen and oxygen atoms in total. The predicted octanol–water partition coefficient (Wildman–Crippen LogP) is 1.65. The van der Waals surface area contributed by atoms with Crippen LogP contribution in [0.2, 0.25) is 0 Å². The largest absolute Gasteiger partial charge is 0.349 e. The van der Waals surface area contributed by atoms with Crippen LogP contribution in [0, 0.1) is 5.92 Å². The number of rotatable bonds is 2. The second-order valence-electron chi connectivity index (χ2n) is 5.05. The highest BCUT2D eigenvalue weighted by Gasteiger charge is 2.24. The van der Waals surface area contributed by atoms with Crippen molar-refractivity contribution in [3.05, 3.63) is 30.4 Å². The first kappa shape index (κ1) is 11.2. The Hall–Kier alpha value is -1.91. The summed E-state index contributed by atoms with van der Waals surface area (Å²) in [5.74, 6) is 0.665. The molecule has 2 aromatic rings. The number of aromatic nitrogens is 3. The Morgan fingerprint density at radius 2 is 2.33 bits per heavy atom. The summed E-state index contributed by atoms with van der Waals surface area (Å²) in [5, 5.41) is 7.23. The second kappa shape index (κ2) is 4.40. The van der Waals surface area contributed by atoms with Crippen LogP contribution in [-0.2, 0) is 0 Å². The normalized spacial score (nSPS) is 23.4. The molecule has 0 aromatic carbocycles. The van der Waals surface area contributed by atoms with Crippen LogP contribution in [0.25, 0.3) is 5.52 Å². The Bertz CT molecular complexity index is 577. The SMILES string of the molecule is CC1CCC(NC(=O)c2cnn3ccncc23)C1. The fraction of sp³-hybridized carbons (Fsp3) is 0.462. The number of carbonyl (C=O) groups is 1. The molecule has 0 radical (unpaired) electrons. The van der Waals surface area contributed by atoms with Crippen molar-refractivity contribution in [2.24, 2.45) is 5.92 Å². The van der Waals surface area contributed by atoms with Gasteiger partial charge < -0.3 is 5.32 Å². The van der Waals surface area contributed by atoms with Crippen molar-refractivity contribution in [3.63, 3.8) is 0 Å². The number of carbonyl (C=O) groups excluding carboxylic acids is 1. The van der Waals surface area contributed by atoms with Crippen molar-refractivity contribution < 1.29 is 4.79 Å². The van der Waals surface area contributed by atoms with Gasteiger partial charge in [0.1, 0.15) is 0 Å². The summed E-state index contributed by atoms with van der Waals surface area (Å²) in [5.41, 5.74) is 1.35. The molecule has 0 spiro atoms. The van der Waals surface area contributed by atoms with E-state index in [0.717, 1.165) is 18.4 Å². The Balaban J connectivity index is 1.80. The Morgan fingerprint density at radius 1 is 1.44 bits per heavy atom. The van der Waals surface area contributed by atoms with Crippen molar-refractivity contribution >= 4 is 11.4 Å². The average Bonchev–Trinajstić information content (AvgIpc) is 2.95. The number of nitrogens with zero attached hydrogens (tertiary/aromatic N) is 3. The number of amides is 1. The van der Waals surface area contributed by atoms with Crippen LogP contribution < -0.4 is 5.32 Å². The van der Waals surface area contributed by atoms with Gasteiger partial charge in [0.25, 0.3) is 5.91 Å². The monoisotopic (exact) mass is 244 g/mol. The van der Waals surface area contributed by atoms with E-state index < -0.39 is 0 Å². The minimum absolute atomic E-state index is 0.0444. The average molecular weight is 244 g/mol. The van der Waals surface area contributed by atoms with Gasteiger partial charge in [0.2, 0.25) is 0 Å². The van der Waals surface area contributed by atoms with Gasteiger partial charge in [0.15, 0.2) is 0 Å². The maximum atomic E-state index is 12.2. The lowest BCUT2D eigenvalue weighted by molar-refractivity contribution is 0.0939. The number of hydrogen-bond donors (Lipinski definition) is 1. The van der Waals surface area contributed by atoms with Crippen LogP contribution in [0.15, 0.2) is 24.8 Å². The maximum Gasteiger partial charge on any atom is 0.255 e. The summed E-state index contributed by atoms with van der Waals surface area (Å²) in [7, 11) is 0. The molecule has 1 aliphatic rings. The summed E-state index contributed by atoms with van der Waals surface area (Å²) in [6.45, 7) is 2.23. The van der Waals surface area contributed by atoms with Gasteiger partial charge in [-0.05, 0) is 25.2 Å². The van der Waals surface area contributed by atoms with E-state index in [1.807, 2.05) is 0 Å². The molecular formula is C13H16N4O. The third kappa shape index (κ3) is 1.96. The van der Waals surface area contributed by atoms with Gasteiger partial charge in [0.05, 0.1) is 23.5 Å². The van der Waals surface area contributed by atoms with Crippen LogP contribution in [0.1, 0.15) is 36.5 Å². The van der Waals surface area contributed by atoms with E-state index in [-0.39, 0.29) is 5.91 Å². The highest BCUT2D eigenvalue weighted by Crippen LogP contribution is 2.25. The molecule has 1 fully saturated rings. The van der Waals surface area contributed by atoms with Gasteiger partial charge in [-0.2, -0.15) is 5.10 Å². The van der Waals surface area contributed by atoms with E-state index in [2.05, 4.69) is 22.3 Å². The van der Waals surface area contributed by atoms with E-state index in [1.54, 1.807) is 29.3 Å². The summed E-state index contributed by atoms with van der Waals surface area (Å²) in [6, 6.07) is 0.305. The molecule has 3 rings (SSSR count). The molecule has 0 bridgehead atoms.